The minimum absolute atomic E-state index is 0.0826. The molecule has 1 aliphatic heterocycles. The summed E-state index contributed by atoms with van der Waals surface area (Å²) in [5.41, 5.74) is 8.76. The number of benzene rings is 2. The number of ether oxygens (including phenoxy) is 1. The minimum Gasteiger partial charge on any atom is -0.454 e. The number of nitrogens with one attached hydrogen (secondary N) is 1. The molecule has 1 aliphatic rings. The topological polar surface area (TPSA) is 106 Å². The first-order valence-corrected chi connectivity index (χ1v) is 11.1. The van der Waals surface area contributed by atoms with Gasteiger partial charge in [0.05, 0.1) is 0 Å². The van der Waals surface area contributed by atoms with Crippen LogP contribution in [-0.4, -0.2) is 44.4 Å². The number of halogens is 1. The second kappa shape index (κ2) is 8.66. The zero-order chi connectivity index (χ0) is 23.8. The van der Waals surface area contributed by atoms with Crippen molar-refractivity contribution >= 4 is 17.5 Å². The monoisotopic (exact) mass is 461 g/mol. The van der Waals surface area contributed by atoms with Crippen molar-refractivity contribution in [2.45, 2.75) is 25.7 Å². The number of fused-ring (bicyclic) bond motifs is 1. The maximum Gasteiger partial charge on any atom is 0.269 e. The van der Waals surface area contributed by atoms with Crippen molar-refractivity contribution in [1.82, 2.24) is 19.5 Å². The largest absolute Gasteiger partial charge is 0.454 e. The molecule has 0 unspecified atom stereocenters. The Hall–Kier alpha value is -4.14. The fraction of sp³-hybridized carbons (Fsp3) is 0.240. The molecule has 5 rings (SSSR count). The number of carbonyl (C=O) groups excluding carboxylic acids is 2. The molecule has 1 fully saturated rings. The molecule has 2 aromatic carbocycles. The Labute approximate surface area is 195 Å². The summed E-state index contributed by atoms with van der Waals surface area (Å²) < 4.78 is 21.1. The van der Waals surface area contributed by atoms with Gasteiger partial charge in [-0.25, -0.2) is 13.9 Å². The summed E-state index contributed by atoms with van der Waals surface area (Å²) in [4.78, 5) is 30.6. The Balaban J connectivity index is 1.45. The number of carbonyl (C=O) groups is 2. The Morgan fingerprint density at radius 3 is 2.47 bits per heavy atom. The van der Waals surface area contributed by atoms with Gasteiger partial charge >= 0.3 is 0 Å². The number of H-pyrrole nitrogens is 1. The van der Waals surface area contributed by atoms with Crippen molar-refractivity contribution < 1.29 is 18.7 Å². The Bertz CT molecular complexity index is 1370. The van der Waals surface area contributed by atoms with E-state index in [-0.39, 0.29) is 23.3 Å². The number of imidazole rings is 1. The Kier molecular flexibility index (Phi) is 5.53. The van der Waals surface area contributed by atoms with E-state index in [4.69, 9.17) is 15.5 Å². The fourth-order valence-electron chi connectivity index (χ4n) is 4.51. The SMILES string of the molecule is CC(=O)N1CCC(c2c[nH]n3c(C(N)=O)c(-c4ccc(Oc5ccccc5F)cc4)nc23)CC1. The molecule has 0 spiro atoms. The van der Waals surface area contributed by atoms with Crippen LogP contribution < -0.4 is 10.5 Å². The number of aromatic amines is 1. The zero-order valence-electron chi connectivity index (χ0n) is 18.6. The highest BCUT2D eigenvalue weighted by Gasteiger charge is 2.28. The van der Waals surface area contributed by atoms with Crippen LogP contribution in [0.4, 0.5) is 4.39 Å². The van der Waals surface area contributed by atoms with Gasteiger partial charge in [-0.1, -0.05) is 12.1 Å². The van der Waals surface area contributed by atoms with Crippen LogP contribution in [-0.2, 0) is 4.79 Å². The molecule has 2 amide bonds. The van der Waals surface area contributed by atoms with Gasteiger partial charge in [0.15, 0.2) is 22.9 Å². The fourth-order valence-corrected chi connectivity index (χ4v) is 4.51. The Morgan fingerprint density at radius 1 is 1.12 bits per heavy atom. The second-order valence-electron chi connectivity index (χ2n) is 8.40. The van der Waals surface area contributed by atoms with Crippen LogP contribution in [0.3, 0.4) is 0 Å². The third-order valence-electron chi connectivity index (χ3n) is 6.29. The van der Waals surface area contributed by atoms with Gasteiger partial charge < -0.3 is 15.4 Å². The summed E-state index contributed by atoms with van der Waals surface area (Å²) in [6.45, 7) is 2.97. The number of likely N-dealkylation sites (tertiary alicyclic amines) is 1. The van der Waals surface area contributed by atoms with Gasteiger partial charge in [-0.2, -0.15) is 0 Å². The van der Waals surface area contributed by atoms with Gasteiger partial charge in [-0.3, -0.25) is 14.7 Å². The molecule has 0 atom stereocenters. The summed E-state index contributed by atoms with van der Waals surface area (Å²) in [6, 6.07) is 13.1. The average molecular weight is 461 g/mol. The quantitative estimate of drug-likeness (QED) is 0.467. The number of amides is 2. The van der Waals surface area contributed by atoms with Gasteiger partial charge in [-0.05, 0) is 55.2 Å². The molecule has 0 radical (unpaired) electrons. The summed E-state index contributed by atoms with van der Waals surface area (Å²) in [5, 5.41) is 3.12. The first-order valence-electron chi connectivity index (χ1n) is 11.1. The third-order valence-corrected chi connectivity index (χ3v) is 6.29. The average Bonchev–Trinajstić information content (AvgIpc) is 3.40. The predicted octanol–water partition coefficient (Wildman–Crippen LogP) is 4.09. The molecule has 1 saturated heterocycles. The first kappa shape index (κ1) is 21.7. The van der Waals surface area contributed by atoms with Crippen molar-refractivity contribution in [1.29, 1.82) is 0 Å². The Morgan fingerprint density at radius 2 is 1.82 bits per heavy atom. The molecule has 8 nitrogen and oxygen atoms in total. The number of hydrogen-bond acceptors (Lipinski definition) is 4. The molecular weight excluding hydrogens is 437 g/mol. The van der Waals surface area contributed by atoms with Crippen LogP contribution in [0.15, 0.2) is 54.7 Å². The molecule has 3 heterocycles. The van der Waals surface area contributed by atoms with Crippen LogP contribution in [0.5, 0.6) is 11.5 Å². The lowest BCUT2D eigenvalue weighted by atomic mass is 9.91. The van der Waals surface area contributed by atoms with E-state index < -0.39 is 11.7 Å². The molecule has 0 bridgehead atoms. The molecular formula is C25H24FN5O3. The lowest BCUT2D eigenvalue weighted by molar-refractivity contribution is -0.129. The number of aromatic nitrogens is 3. The molecule has 174 valence electrons. The van der Waals surface area contributed by atoms with Crippen LogP contribution in [0.2, 0.25) is 0 Å². The molecule has 0 saturated carbocycles. The van der Waals surface area contributed by atoms with Crippen LogP contribution in [0.1, 0.15) is 41.7 Å². The standard InChI is InChI=1S/C25H24FN5O3/c1-15(32)30-12-10-16(11-13-30)19-14-28-31-23(24(27)33)22(29-25(19)31)17-6-8-18(9-7-17)34-21-5-3-2-4-20(21)26/h2-9,14,16,28H,10-13H2,1H3,(H2,27,33). The minimum atomic E-state index is -0.603. The molecule has 0 aliphatic carbocycles. The predicted molar refractivity (Wildman–Crippen MR) is 124 cm³/mol. The number of para-hydroxylation sites is 1. The van der Waals surface area contributed by atoms with E-state index in [0.29, 0.717) is 35.7 Å². The smallest absolute Gasteiger partial charge is 0.269 e. The first-order chi connectivity index (χ1) is 16.4. The summed E-state index contributed by atoms with van der Waals surface area (Å²) in [5.74, 6) is -0.168. The summed E-state index contributed by atoms with van der Waals surface area (Å²) in [6.07, 6.45) is 3.50. The van der Waals surface area contributed by atoms with E-state index in [2.05, 4.69) is 5.10 Å². The van der Waals surface area contributed by atoms with Crippen molar-refractivity contribution in [3.05, 3.63) is 71.8 Å². The highest BCUT2D eigenvalue weighted by atomic mass is 19.1. The highest BCUT2D eigenvalue weighted by molar-refractivity contribution is 5.98. The van der Waals surface area contributed by atoms with Crippen LogP contribution in [0, 0.1) is 5.82 Å². The van der Waals surface area contributed by atoms with E-state index in [1.165, 1.54) is 6.07 Å². The number of piperidine rings is 1. The van der Waals surface area contributed by atoms with Gasteiger partial charge in [0.1, 0.15) is 11.4 Å². The zero-order valence-corrected chi connectivity index (χ0v) is 18.6. The van der Waals surface area contributed by atoms with E-state index in [0.717, 1.165) is 18.4 Å². The number of nitrogens with two attached hydrogens (primary N) is 1. The van der Waals surface area contributed by atoms with E-state index in [9.17, 15) is 14.0 Å². The van der Waals surface area contributed by atoms with Gasteiger partial charge in [0.2, 0.25) is 5.91 Å². The second-order valence-corrected chi connectivity index (χ2v) is 8.40. The number of rotatable bonds is 5. The van der Waals surface area contributed by atoms with Crippen molar-refractivity contribution in [2.75, 3.05) is 13.1 Å². The summed E-state index contributed by atoms with van der Waals surface area (Å²) >= 11 is 0. The van der Waals surface area contributed by atoms with Crippen molar-refractivity contribution in [2.24, 2.45) is 5.73 Å². The number of nitrogens with zero attached hydrogens (tertiary/aromatic N) is 3. The maximum absolute atomic E-state index is 13.9. The van der Waals surface area contributed by atoms with Crippen LogP contribution in [0.25, 0.3) is 16.9 Å². The van der Waals surface area contributed by atoms with Crippen molar-refractivity contribution in [3.8, 4) is 22.8 Å². The molecule has 2 aromatic heterocycles. The summed E-state index contributed by atoms with van der Waals surface area (Å²) in [7, 11) is 0. The number of primary amides is 1. The third kappa shape index (κ3) is 3.89. The van der Waals surface area contributed by atoms with E-state index in [1.54, 1.807) is 53.9 Å². The van der Waals surface area contributed by atoms with Gasteiger partial charge in [0.25, 0.3) is 5.91 Å². The van der Waals surface area contributed by atoms with Gasteiger partial charge in [-0.15, -0.1) is 0 Å². The van der Waals surface area contributed by atoms with Crippen LogP contribution >= 0.6 is 0 Å². The lowest BCUT2D eigenvalue weighted by Gasteiger charge is -2.30. The van der Waals surface area contributed by atoms with Gasteiger partial charge in [0, 0.05) is 37.3 Å². The van der Waals surface area contributed by atoms with E-state index >= 15 is 0 Å². The molecule has 34 heavy (non-hydrogen) atoms. The van der Waals surface area contributed by atoms with E-state index in [1.807, 2.05) is 11.1 Å². The normalized spacial score (nSPS) is 14.5. The number of hydrogen-bond donors (Lipinski definition) is 2. The maximum atomic E-state index is 13.9. The molecule has 4 aromatic rings. The lowest BCUT2D eigenvalue weighted by Crippen LogP contribution is -2.36. The molecule has 3 N–H and O–H groups in total. The molecule has 9 heteroatoms. The van der Waals surface area contributed by atoms with Crippen molar-refractivity contribution in [3.63, 3.8) is 0 Å². The highest BCUT2D eigenvalue weighted by Crippen LogP contribution is 2.34.